The molecule has 1 aromatic carbocycles. The van der Waals surface area contributed by atoms with E-state index >= 15 is 0 Å². The minimum absolute atomic E-state index is 0.131. The first-order valence-corrected chi connectivity index (χ1v) is 7.91. The van der Waals surface area contributed by atoms with Gasteiger partial charge in [0.25, 0.3) is 5.56 Å². The predicted molar refractivity (Wildman–Crippen MR) is 82.9 cm³/mol. The second-order valence-electron chi connectivity index (χ2n) is 3.87. The molecule has 3 nitrogen and oxygen atoms in total. The van der Waals surface area contributed by atoms with Crippen LogP contribution in [0.3, 0.4) is 0 Å². The number of hydrogen-bond acceptors (Lipinski definition) is 3. The van der Waals surface area contributed by atoms with E-state index in [-0.39, 0.29) is 5.56 Å². The summed E-state index contributed by atoms with van der Waals surface area (Å²) in [6, 6.07) is 7.61. The van der Waals surface area contributed by atoms with Gasteiger partial charge >= 0.3 is 0 Å². The maximum atomic E-state index is 11.7. The third-order valence-electron chi connectivity index (χ3n) is 2.49. The van der Waals surface area contributed by atoms with Crippen molar-refractivity contribution >= 4 is 39.3 Å². The van der Waals surface area contributed by atoms with Crippen molar-refractivity contribution in [1.29, 1.82) is 0 Å². The fourth-order valence-corrected chi connectivity index (χ4v) is 3.12. The molecule has 2 aromatic rings. The van der Waals surface area contributed by atoms with Crippen molar-refractivity contribution in [1.82, 2.24) is 9.97 Å². The van der Waals surface area contributed by atoms with Crippen LogP contribution >= 0.6 is 39.3 Å². The molecule has 1 N–H and O–H groups in total. The summed E-state index contributed by atoms with van der Waals surface area (Å²) >= 11 is 10.8. The Morgan fingerprint density at radius 3 is 2.95 bits per heavy atom. The topological polar surface area (TPSA) is 45.8 Å². The Hall–Kier alpha value is -0.780. The van der Waals surface area contributed by atoms with Gasteiger partial charge in [0, 0.05) is 9.92 Å². The molecule has 0 radical (unpaired) electrons. The molecule has 100 valence electrons. The van der Waals surface area contributed by atoms with Crippen LogP contribution in [0.4, 0.5) is 0 Å². The lowest BCUT2D eigenvalue weighted by atomic mass is 10.3. The number of hydrogen-bond donors (Lipinski definition) is 1. The summed E-state index contributed by atoms with van der Waals surface area (Å²) in [5, 5.41) is 0.705. The number of aromatic amines is 1. The highest BCUT2D eigenvalue weighted by molar-refractivity contribution is 9.10. The van der Waals surface area contributed by atoms with Crippen molar-refractivity contribution in [2.24, 2.45) is 0 Å². The highest BCUT2D eigenvalue weighted by atomic mass is 79.9. The Balaban J connectivity index is 2.16. The summed E-state index contributed by atoms with van der Waals surface area (Å²) < 4.78 is 0.520. The lowest BCUT2D eigenvalue weighted by Crippen LogP contribution is -2.14. The van der Waals surface area contributed by atoms with Gasteiger partial charge in [0.2, 0.25) is 0 Å². The Morgan fingerprint density at radius 1 is 1.47 bits per heavy atom. The molecule has 0 aliphatic heterocycles. The van der Waals surface area contributed by atoms with E-state index in [1.165, 1.54) is 0 Å². The van der Waals surface area contributed by atoms with E-state index in [2.05, 4.69) is 25.9 Å². The second kappa shape index (κ2) is 6.59. The van der Waals surface area contributed by atoms with Crippen molar-refractivity contribution in [3.63, 3.8) is 0 Å². The Kier molecular flexibility index (Phi) is 5.07. The van der Waals surface area contributed by atoms with Crippen LogP contribution in [-0.2, 0) is 12.2 Å². The maximum absolute atomic E-state index is 11.7. The molecule has 0 atom stereocenters. The molecule has 0 fully saturated rings. The van der Waals surface area contributed by atoms with E-state index in [1.807, 2.05) is 31.2 Å². The third kappa shape index (κ3) is 3.84. The lowest BCUT2D eigenvalue weighted by molar-refractivity contribution is 0.906. The fourth-order valence-electron chi connectivity index (χ4n) is 1.57. The SMILES string of the molecule is CCc1nc(CSc2cccc(Cl)c2)[nH]c(=O)c1Br. The minimum atomic E-state index is -0.131. The molecule has 0 aliphatic rings. The first-order chi connectivity index (χ1) is 9.10. The minimum Gasteiger partial charge on any atom is -0.309 e. The maximum Gasteiger partial charge on any atom is 0.265 e. The van der Waals surface area contributed by atoms with Crippen molar-refractivity contribution in [3.05, 3.63) is 55.6 Å². The van der Waals surface area contributed by atoms with Gasteiger partial charge in [-0.3, -0.25) is 4.79 Å². The Morgan fingerprint density at radius 2 is 2.26 bits per heavy atom. The van der Waals surface area contributed by atoms with Gasteiger partial charge in [-0.1, -0.05) is 24.6 Å². The number of aromatic nitrogens is 2. The summed E-state index contributed by atoms with van der Waals surface area (Å²) in [6.45, 7) is 1.97. The van der Waals surface area contributed by atoms with Gasteiger partial charge in [0.15, 0.2) is 0 Å². The van der Waals surface area contributed by atoms with E-state index < -0.39 is 0 Å². The average molecular weight is 360 g/mol. The predicted octanol–water partition coefficient (Wildman–Crippen LogP) is 4.04. The van der Waals surface area contributed by atoms with Crippen LogP contribution in [0.15, 0.2) is 38.4 Å². The van der Waals surface area contributed by atoms with E-state index in [1.54, 1.807) is 11.8 Å². The summed E-state index contributed by atoms with van der Waals surface area (Å²) in [4.78, 5) is 20.0. The molecule has 2 rings (SSSR count). The third-order valence-corrected chi connectivity index (χ3v) is 4.54. The monoisotopic (exact) mass is 358 g/mol. The zero-order valence-corrected chi connectivity index (χ0v) is 13.4. The molecule has 1 heterocycles. The molecule has 0 aliphatic carbocycles. The lowest BCUT2D eigenvalue weighted by Gasteiger charge is -2.05. The van der Waals surface area contributed by atoms with Crippen molar-refractivity contribution in [3.8, 4) is 0 Å². The van der Waals surface area contributed by atoms with Gasteiger partial charge in [-0.25, -0.2) is 4.98 Å². The van der Waals surface area contributed by atoms with Crippen LogP contribution in [0.5, 0.6) is 0 Å². The normalized spacial score (nSPS) is 10.7. The van der Waals surface area contributed by atoms with Crippen molar-refractivity contribution in [2.75, 3.05) is 0 Å². The molecule has 6 heteroatoms. The van der Waals surface area contributed by atoms with Crippen LogP contribution in [0.1, 0.15) is 18.4 Å². The standard InChI is InChI=1S/C13H12BrClN2OS/c1-2-10-12(14)13(18)17-11(16-10)7-19-9-5-3-4-8(15)6-9/h3-6H,2,7H2,1H3,(H,16,17,18). The average Bonchev–Trinajstić information content (AvgIpc) is 2.40. The fraction of sp³-hybridized carbons (Fsp3) is 0.231. The number of nitrogens with zero attached hydrogens (tertiary/aromatic N) is 1. The van der Waals surface area contributed by atoms with Gasteiger partial charge in [0.05, 0.1) is 11.4 Å². The number of nitrogens with one attached hydrogen (secondary N) is 1. The molecule has 0 amide bonds. The van der Waals surface area contributed by atoms with E-state index in [0.29, 0.717) is 21.1 Å². The molecular formula is C13H12BrClN2OS. The molecule has 0 saturated heterocycles. The van der Waals surface area contributed by atoms with Crippen LogP contribution in [-0.4, -0.2) is 9.97 Å². The van der Waals surface area contributed by atoms with E-state index in [4.69, 9.17) is 11.6 Å². The smallest absolute Gasteiger partial charge is 0.265 e. The first-order valence-electron chi connectivity index (χ1n) is 5.76. The highest BCUT2D eigenvalue weighted by Crippen LogP contribution is 2.24. The Labute approximate surface area is 128 Å². The van der Waals surface area contributed by atoms with Crippen LogP contribution < -0.4 is 5.56 Å². The van der Waals surface area contributed by atoms with E-state index in [0.717, 1.165) is 17.0 Å². The molecule has 0 unspecified atom stereocenters. The second-order valence-corrected chi connectivity index (χ2v) is 6.15. The summed E-state index contributed by atoms with van der Waals surface area (Å²) in [5.41, 5.74) is 0.652. The number of aryl methyl sites for hydroxylation is 1. The van der Waals surface area contributed by atoms with Gasteiger partial charge in [-0.05, 0) is 40.5 Å². The van der Waals surface area contributed by atoms with Gasteiger partial charge in [0.1, 0.15) is 10.3 Å². The first kappa shape index (κ1) is 14.6. The number of rotatable bonds is 4. The van der Waals surface area contributed by atoms with Crippen molar-refractivity contribution < 1.29 is 0 Å². The molecule has 0 saturated carbocycles. The van der Waals surface area contributed by atoms with Gasteiger partial charge < -0.3 is 4.98 Å². The highest BCUT2D eigenvalue weighted by Gasteiger charge is 2.07. The zero-order chi connectivity index (χ0) is 13.8. The quantitative estimate of drug-likeness (QED) is 0.838. The zero-order valence-electron chi connectivity index (χ0n) is 10.2. The molecule has 0 bridgehead atoms. The molecule has 1 aromatic heterocycles. The number of H-pyrrole nitrogens is 1. The van der Waals surface area contributed by atoms with Gasteiger partial charge in [-0.2, -0.15) is 0 Å². The van der Waals surface area contributed by atoms with Crippen LogP contribution in [0, 0.1) is 0 Å². The summed E-state index contributed by atoms with van der Waals surface area (Å²) in [6.07, 6.45) is 0.722. The molecular weight excluding hydrogens is 348 g/mol. The number of benzene rings is 1. The van der Waals surface area contributed by atoms with Crippen LogP contribution in [0.2, 0.25) is 5.02 Å². The van der Waals surface area contributed by atoms with Crippen molar-refractivity contribution in [2.45, 2.75) is 24.0 Å². The van der Waals surface area contributed by atoms with E-state index in [9.17, 15) is 4.79 Å². The number of thioether (sulfide) groups is 1. The molecule has 19 heavy (non-hydrogen) atoms. The number of halogens is 2. The largest absolute Gasteiger partial charge is 0.309 e. The summed E-state index contributed by atoms with van der Waals surface area (Å²) in [7, 11) is 0. The van der Waals surface area contributed by atoms with Gasteiger partial charge in [-0.15, -0.1) is 11.8 Å². The Bertz CT molecular complexity index is 645. The van der Waals surface area contributed by atoms with Crippen LogP contribution in [0.25, 0.3) is 0 Å². The molecule has 0 spiro atoms. The summed E-state index contributed by atoms with van der Waals surface area (Å²) in [5.74, 6) is 1.28.